The standard InChI is InChI=1S/C20H19BrN2O/c1-2-18(14-8-10-17(21)11-9-14)23-19(24)13-16-6-3-5-15-7-4-12-22-20(15)16/h3-12,18H,2,13H2,1H3,(H,23,24). The zero-order valence-corrected chi connectivity index (χ0v) is 15.1. The Hall–Kier alpha value is -2.20. The Morgan fingerprint density at radius 1 is 1.12 bits per heavy atom. The van der Waals surface area contributed by atoms with E-state index < -0.39 is 0 Å². The molecule has 2 aromatic carbocycles. The fourth-order valence-corrected chi connectivity index (χ4v) is 3.11. The summed E-state index contributed by atoms with van der Waals surface area (Å²) in [5, 5.41) is 4.19. The molecule has 0 aliphatic heterocycles. The summed E-state index contributed by atoms with van der Waals surface area (Å²) < 4.78 is 1.04. The summed E-state index contributed by atoms with van der Waals surface area (Å²) >= 11 is 3.44. The predicted octanol–water partition coefficient (Wildman–Crippen LogP) is 4.81. The quantitative estimate of drug-likeness (QED) is 0.687. The van der Waals surface area contributed by atoms with Crippen LogP contribution in [0.1, 0.15) is 30.5 Å². The van der Waals surface area contributed by atoms with Crippen LogP contribution < -0.4 is 5.32 Å². The maximum Gasteiger partial charge on any atom is 0.224 e. The van der Waals surface area contributed by atoms with Gasteiger partial charge >= 0.3 is 0 Å². The lowest BCUT2D eigenvalue weighted by Gasteiger charge is -2.18. The Morgan fingerprint density at radius 3 is 2.62 bits per heavy atom. The van der Waals surface area contributed by atoms with E-state index >= 15 is 0 Å². The summed E-state index contributed by atoms with van der Waals surface area (Å²) in [5.74, 6) is 0.0166. The first-order chi connectivity index (χ1) is 11.7. The Morgan fingerprint density at radius 2 is 1.88 bits per heavy atom. The number of carbonyl (C=O) groups excluding carboxylic acids is 1. The molecular formula is C20H19BrN2O. The Labute approximate surface area is 150 Å². The van der Waals surface area contributed by atoms with Crippen LogP contribution in [0.15, 0.2) is 65.3 Å². The smallest absolute Gasteiger partial charge is 0.224 e. The van der Waals surface area contributed by atoms with Crippen LogP contribution in [0.2, 0.25) is 0 Å². The van der Waals surface area contributed by atoms with Gasteiger partial charge in [-0.05, 0) is 35.7 Å². The molecule has 0 bridgehead atoms. The number of amides is 1. The molecule has 122 valence electrons. The second kappa shape index (κ2) is 7.58. The maximum absolute atomic E-state index is 12.5. The van der Waals surface area contributed by atoms with Crippen LogP contribution >= 0.6 is 15.9 Å². The number of nitrogens with one attached hydrogen (secondary N) is 1. The SMILES string of the molecule is CCC(NC(=O)Cc1cccc2cccnc12)c1ccc(Br)cc1. The molecule has 3 rings (SSSR count). The Balaban J connectivity index is 1.75. The van der Waals surface area contributed by atoms with Crippen molar-refractivity contribution in [2.24, 2.45) is 0 Å². The molecule has 0 saturated carbocycles. The number of hydrogen-bond acceptors (Lipinski definition) is 2. The number of fused-ring (bicyclic) bond motifs is 1. The van der Waals surface area contributed by atoms with E-state index in [1.54, 1.807) is 6.20 Å². The van der Waals surface area contributed by atoms with Gasteiger partial charge in [-0.1, -0.05) is 59.3 Å². The van der Waals surface area contributed by atoms with Crippen molar-refractivity contribution in [3.05, 3.63) is 76.4 Å². The predicted molar refractivity (Wildman–Crippen MR) is 101 cm³/mol. The summed E-state index contributed by atoms with van der Waals surface area (Å²) in [5.41, 5.74) is 2.97. The van der Waals surface area contributed by atoms with E-state index in [0.717, 1.165) is 32.9 Å². The average molecular weight is 383 g/mol. The van der Waals surface area contributed by atoms with E-state index in [1.165, 1.54) is 0 Å². The molecule has 1 heterocycles. The summed E-state index contributed by atoms with van der Waals surface area (Å²) in [7, 11) is 0. The van der Waals surface area contributed by atoms with E-state index in [4.69, 9.17) is 0 Å². The van der Waals surface area contributed by atoms with Crippen molar-refractivity contribution in [3.8, 4) is 0 Å². The van der Waals surface area contributed by atoms with Gasteiger partial charge in [-0.15, -0.1) is 0 Å². The third kappa shape index (κ3) is 3.82. The van der Waals surface area contributed by atoms with Crippen LogP contribution in [0.3, 0.4) is 0 Å². The number of benzene rings is 2. The molecule has 0 saturated heterocycles. The molecule has 1 amide bonds. The molecule has 1 atom stereocenters. The fourth-order valence-electron chi connectivity index (χ4n) is 2.84. The van der Waals surface area contributed by atoms with Crippen molar-refractivity contribution < 1.29 is 4.79 Å². The number of pyridine rings is 1. The molecule has 0 spiro atoms. The second-order valence-electron chi connectivity index (χ2n) is 5.75. The minimum atomic E-state index is 0.0166. The zero-order valence-electron chi connectivity index (χ0n) is 13.5. The normalized spacial score (nSPS) is 12.1. The van der Waals surface area contributed by atoms with Crippen molar-refractivity contribution in [2.45, 2.75) is 25.8 Å². The number of halogens is 1. The summed E-state index contributed by atoms with van der Waals surface area (Å²) in [6.45, 7) is 2.08. The first-order valence-electron chi connectivity index (χ1n) is 8.05. The number of rotatable bonds is 5. The highest BCUT2D eigenvalue weighted by molar-refractivity contribution is 9.10. The molecule has 0 aliphatic carbocycles. The summed E-state index contributed by atoms with van der Waals surface area (Å²) in [6.07, 6.45) is 2.95. The molecule has 24 heavy (non-hydrogen) atoms. The first kappa shape index (κ1) is 16.7. The average Bonchev–Trinajstić information content (AvgIpc) is 2.61. The number of nitrogens with zero attached hydrogens (tertiary/aromatic N) is 1. The van der Waals surface area contributed by atoms with Crippen LogP contribution in [0.25, 0.3) is 10.9 Å². The van der Waals surface area contributed by atoms with Crippen LogP contribution in [0.4, 0.5) is 0 Å². The minimum Gasteiger partial charge on any atom is -0.349 e. The Bertz CT molecular complexity index is 840. The van der Waals surface area contributed by atoms with Gasteiger partial charge in [0.05, 0.1) is 18.0 Å². The van der Waals surface area contributed by atoms with Crippen molar-refractivity contribution in [1.29, 1.82) is 0 Å². The monoisotopic (exact) mass is 382 g/mol. The number of hydrogen-bond donors (Lipinski definition) is 1. The number of aromatic nitrogens is 1. The van der Waals surface area contributed by atoms with E-state index in [9.17, 15) is 4.79 Å². The molecule has 1 unspecified atom stereocenters. The molecule has 3 aromatic rings. The van der Waals surface area contributed by atoms with Crippen molar-refractivity contribution in [2.75, 3.05) is 0 Å². The molecular weight excluding hydrogens is 364 g/mol. The zero-order chi connectivity index (χ0) is 16.9. The first-order valence-corrected chi connectivity index (χ1v) is 8.84. The minimum absolute atomic E-state index is 0.0166. The van der Waals surface area contributed by atoms with Gasteiger partial charge in [-0.3, -0.25) is 9.78 Å². The molecule has 4 heteroatoms. The van der Waals surface area contributed by atoms with Gasteiger partial charge in [0.1, 0.15) is 0 Å². The van der Waals surface area contributed by atoms with E-state index in [1.807, 2.05) is 54.6 Å². The second-order valence-corrected chi connectivity index (χ2v) is 6.66. The van der Waals surface area contributed by atoms with E-state index in [-0.39, 0.29) is 11.9 Å². The van der Waals surface area contributed by atoms with Crippen molar-refractivity contribution >= 4 is 32.7 Å². The van der Waals surface area contributed by atoms with Crippen LogP contribution in [0.5, 0.6) is 0 Å². The van der Waals surface area contributed by atoms with Crippen LogP contribution in [-0.4, -0.2) is 10.9 Å². The molecule has 0 fully saturated rings. The lowest BCUT2D eigenvalue weighted by molar-refractivity contribution is -0.121. The molecule has 1 N–H and O–H groups in total. The third-order valence-corrected chi connectivity index (χ3v) is 4.61. The Kier molecular flexibility index (Phi) is 5.26. The molecule has 3 nitrogen and oxygen atoms in total. The highest BCUT2D eigenvalue weighted by Crippen LogP contribution is 2.20. The lowest BCUT2D eigenvalue weighted by Crippen LogP contribution is -2.29. The maximum atomic E-state index is 12.5. The van der Waals surface area contributed by atoms with Gasteiger partial charge in [-0.25, -0.2) is 0 Å². The van der Waals surface area contributed by atoms with Crippen LogP contribution in [-0.2, 0) is 11.2 Å². The highest BCUT2D eigenvalue weighted by atomic mass is 79.9. The van der Waals surface area contributed by atoms with Gasteiger partial charge < -0.3 is 5.32 Å². The summed E-state index contributed by atoms with van der Waals surface area (Å²) in [6, 6.07) is 18.0. The fraction of sp³-hybridized carbons (Fsp3) is 0.200. The largest absolute Gasteiger partial charge is 0.349 e. The van der Waals surface area contributed by atoms with Crippen molar-refractivity contribution in [3.63, 3.8) is 0 Å². The van der Waals surface area contributed by atoms with E-state index in [0.29, 0.717) is 6.42 Å². The topological polar surface area (TPSA) is 42.0 Å². The van der Waals surface area contributed by atoms with Gasteiger partial charge in [0.25, 0.3) is 0 Å². The molecule has 0 radical (unpaired) electrons. The molecule has 1 aromatic heterocycles. The third-order valence-electron chi connectivity index (χ3n) is 4.08. The van der Waals surface area contributed by atoms with Crippen LogP contribution in [0, 0.1) is 0 Å². The highest BCUT2D eigenvalue weighted by Gasteiger charge is 2.14. The number of carbonyl (C=O) groups is 1. The molecule has 0 aliphatic rings. The van der Waals surface area contributed by atoms with Gasteiger partial charge in [0.2, 0.25) is 5.91 Å². The van der Waals surface area contributed by atoms with E-state index in [2.05, 4.69) is 33.2 Å². The lowest BCUT2D eigenvalue weighted by atomic mass is 10.0. The summed E-state index contributed by atoms with van der Waals surface area (Å²) in [4.78, 5) is 16.9. The number of para-hydroxylation sites is 1. The van der Waals surface area contributed by atoms with Gasteiger partial charge in [0, 0.05) is 16.1 Å². The van der Waals surface area contributed by atoms with Crippen molar-refractivity contribution in [1.82, 2.24) is 10.3 Å². The van der Waals surface area contributed by atoms with Gasteiger partial charge in [-0.2, -0.15) is 0 Å². The van der Waals surface area contributed by atoms with Gasteiger partial charge in [0.15, 0.2) is 0 Å².